The molecule has 0 spiro atoms. The highest BCUT2D eigenvalue weighted by molar-refractivity contribution is 7.98. The Balaban J connectivity index is 1.81. The van der Waals surface area contributed by atoms with Gasteiger partial charge < -0.3 is 4.40 Å². The van der Waals surface area contributed by atoms with Crippen molar-refractivity contribution in [2.24, 2.45) is 0 Å². The zero-order valence-corrected chi connectivity index (χ0v) is 10.9. The minimum absolute atomic E-state index is 0.880. The van der Waals surface area contributed by atoms with Crippen LogP contribution in [-0.2, 0) is 5.75 Å². The number of thioether (sulfide) groups is 1. The van der Waals surface area contributed by atoms with Gasteiger partial charge in [-0.05, 0) is 31.2 Å². The SMILES string of the molecule is Cc1cccc2nc(CSc3ccncc3)cn12. The predicted molar refractivity (Wildman–Crippen MR) is 73.7 cm³/mol. The van der Waals surface area contributed by atoms with E-state index in [-0.39, 0.29) is 0 Å². The molecule has 90 valence electrons. The number of aryl methyl sites for hydroxylation is 1. The van der Waals surface area contributed by atoms with Crippen LogP contribution in [0.5, 0.6) is 0 Å². The molecule has 0 amide bonds. The molecule has 18 heavy (non-hydrogen) atoms. The van der Waals surface area contributed by atoms with Gasteiger partial charge in [-0.25, -0.2) is 4.98 Å². The van der Waals surface area contributed by atoms with Crippen LogP contribution in [0.3, 0.4) is 0 Å². The van der Waals surface area contributed by atoms with Gasteiger partial charge in [-0.1, -0.05) is 6.07 Å². The van der Waals surface area contributed by atoms with Crippen molar-refractivity contribution in [1.29, 1.82) is 0 Å². The van der Waals surface area contributed by atoms with Gasteiger partial charge in [0.1, 0.15) is 5.65 Å². The smallest absolute Gasteiger partial charge is 0.137 e. The topological polar surface area (TPSA) is 30.2 Å². The van der Waals surface area contributed by atoms with Gasteiger partial charge in [-0.2, -0.15) is 0 Å². The first-order valence-corrected chi connectivity index (χ1v) is 6.78. The van der Waals surface area contributed by atoms with Crippen LogP contribution in [-0.4, -0.2) is 14.4 Å². The number of aromatic nitrogens is 3. The minimum Gasteiger partial charge on any atom is -0.304 e. The molecular weight excluding hydrogens is 242 g/mol. The Kier molecular flexibility index (Phi) is 3.02. The third kappa shape index (κ3) is 2.24. The van der Waals surface area contributed by atoms with Gasteiger partial charge in [-0.3, -0.25) is 4.98 Å². The molecule has 3 aromatic rings. The molecule has 0 atom stereocenters. The molecule has 3 rings (SSSR count). The summed E-state index contributed by atoms with van der Waals surface area (Å²) in [7, 11) is 0. The highest BCUT2D eigenvalue weighted by Gasteiger charge is 2.03. The molecule has 0 aliphatic rings. The van der Waals surface area contributed by atoms with Crippen LogP contribution in [0.1, 0.15) is 11.4 Å². The molecule has 0 saturated heterocycles. The Labute approximate surface area is 110 Å². The van der Waals surface area contributed by atoms with Gasteiger partial charge in [0.15, 0.2) is 0 Å². The second-order valence-corrected chi connectivity index (χ2v) is 5.15. The van der Waals surface area contributed by atoms with Crippen LogP contribution < -0.4 is 0 Å². The van der Waals surface area contributed by atoms with Crippen LogP contribution in [0.25, 0.3) is 5.65 Å². The van der Waals surface area contributed by atoms with Crippen molar-refractivity contribution in [1.82, 2.24) is 14.4 Å². The molecule has 3 heterocycles. The molecule has 0 bridgehead atoms. The maximum absolute atomic E-state index is 4.62. The van der Waals surface area contributed by atoms with Gasteiger partial charge in [-0.15, -0.1) is 11.8 Å². The summed E-state index contributed by atoms with van der Waals surface area (Å²) in [5.41, 5.74) is 3.33. The molecule has 0 saturated carbocycles. The van der Waals surface area contributed by atoms with E-state index in [0.717, 1.165) is 17.1 Å². The van der Waals surface area contributed by atoms with E-state index in [1.54, 1.807) is 11.8 Å². The first-order valence-electron chi connectivity index (χ1n) is 5.79. The molecule has 3 aromatic heterocycles. The van der Waals surface area contributed by atoms with Crippen LogP contribution >= 0.6 is 11.8 Å². The molecule has 0 unspecified atom stereocenters. The van der Waals surface area contributed by atoms with E-state index in [1.807, 2.05) is 36.7 Å². The first kappa shape index (κ1) is 11.3. The molecular formula is C14H13N3S. The number of imidazole rings is 1. The van der Waals surface area contributed by atoms with Crippen LogP contribution in [0.4, 0.5) is 0 Å². The lowest BCUT2D eigenvalue weighted by Gasteiger charge is -1.97. The highest BCUT2D eigenvalue weighted by Crippen LogP contribution is 2.21. The Morgan fingerprint density at radius 2 is 2.00 bits per heavy atom. The van der Waals surface area contributed by atoms with Crippen molar-refractivity contribution < 1.29 is 0 Å². The van der Waals surface area contributed by atoms with Crippen molar-refractivity contribution in [2.45, 2.75) is 17.6 Å². The molecule has 3 nitrogen and oxygen atoms in total. The van der Waals surface area contributed by atoms with E-state index in [1.165, 1.54) is 10.6 Å². The summed E-state index contributed by atoms with van der Waals surface area (Å²) in [5, 5.41) is 0. The monoisotopic (exact) mass is 255 g/mol. The molecule has 0 fully saturated rings. The second-order valence-electron chi connectivity index (χ2n) is 4.10. The molecule has 0 N–H and O–H groups in total. The Hall–Kier alpha value is -1.81. The van der Waals surface area contributed by atoms with Crippen LogP contribution in [0.15, 0.2) is 53.8 Å². The van der Waals surface area contributed by atoms with Crippen LogP contribution in [0.2, 0.25) is 0 Å². The van der Waals surface area contributed by atoms with E-state index in [9.17, 15) is 0 Å². The average Bonchev–Trinajstić information content (AvgIpc) is 2.82. The summed E-state index contributed by atoms with van der Waals surface area (Å²) >= 11 is 1.78. The number of fused-ring (bicyclic) bond motifs is 1. The van der Waals surface area contributed by atoms with Crippen molar-refractivity contribution in [3.8, 4) is 0 Å². The largest absolute Gasteiger partial charge is 0.304 e. The fourth-order valence-corrected chi connectivity index (χ4v) is 2.63. The summed E-state index contributed by atoms with van der Waals surface area (Å²) in [5.74, 6) is 0.880. The van der Waals surface area contributed by atoms with Gasteiger partial charge in [0.25, 0.3) is 0 Å². The van der Waals surface area contributed by atoms with E-state index in [2.05, 4.69) is 33.6 Å². The zero-order chi connectivity index (χ0) is 12.4. The fraction of sp³-hybridized carbons (Fsp3) is 0.143. The summed E-state index contributed by atoms with van der Waals surface area (Å²) in [6, 6.07) is 10.2. The van der Waals surface area contributed by atoms with Crippen molar-refractivity contribution in [3.63, 3.8) is 0 Å². The third-order valence-electron chi connectivity index (χ3n) is 2.78. The van der Waals surface area contributed by atoms with E-state index in [4.69, 9.17) is 0 Å². The fourth-order valence-electron chi connectivity index (χ4n) is 1.86. The van der Waals surface area contributed by atoms with Crippen molar-refractivity contribution in [2.75, 3.05) is 0 Å². The van der Waals surface area contributed by atoms with Gasteiger partial charge in [0, 0.05) is 34.9 Å². The summed E-state index contributed by atoms with van der Waals surface area (Å²) in [6.07, 6.45) is 5.74. The van der Waals surface area contributed by atoms with Crippen molar-refractivity contribution in [3.05, 3.63) is 60.3 Å². The molecule has 0 aliphatic heterocycles. The number of rotatable bonds is 3. The van der Waals surface area contributed by atoms with Crippen molar-refractivity contribution >= 4 is 17.4 Å². The maximum atomic E-state index is 4.62. The second kappa shape index (κ2) is 4.82. The summed E-state index contributed by atoms with van der Waals surface area (Å²) in [4.78, 5) is 9.85. The van der Waals surface area contributed by atoms with Gasteiger partial charge in [0.2, 0.25) is 0 Å². The lowest BCUT2D eigenvalue weighted by molar-refractivity contribution is 1.09. The lowest BCUT2D eigenvalue weighted by atomic mass is 10.4. The summed E-state index contributed by atoms with van der Waals surface area (Å²) < 4.78 is 2.13. The van der Waals surface area contributed by atoms with E-state index in [0.29, 0.717) is 0 Å². The normalized spacial score (nSPS) is 10.9. The Morgan fingerprint density at radius 3 is 2.78 bits per heavy atom. The number of hydrogen-bond donors (Lipinski definition) is 0. The highest BCUT2D eigenvalue weighted by atomic mass is 32.2. The number of pyridine rings is 2. The maximum Gasteiger partial charge on any atom is 0.137 e. The Bertz CT molecular complexity index is 661. The molecule has 0 radical (unpaired) electrons. The zero-order valence-electron chi connectivity index (χ0n) is 10.1. The van der Waals surface area contributed by atoms with Gasteiger partial charge in [0.05, 0.1) is 5.69 Å². The van der Waals surface area contributed by atoms with E-state index < -0.39 is 0 Å². The number of hydrogen-bond acceptors (Lipinski definition) is 3. The first-order chi connectivity index (χ1) is 8.83. The average molecular weight is 255 g/mol. The Morgan fingerprint density at radius 1 is 1.17 bits per heavy atom. The molecule has 0 aliphatic carbocycles. The minimum atomic E-state index is 0.880. The summed E-state index contributed by atoms with van der Waals surface area (Å²) in [6.45, 7) is 2.09. The number of nitrogens with zero attached hydrogens (tertiary/aromatic N) is 3. The van der Waals surface area contributed by atoms with Gasteiger partial charge >= 0.3 is 0 Å². The lowest BCUT2D eigenvalue weighted by Crippen LogP contribution is -1.86. The standard InChI is InChI=1S/C14H13N3S/c1-11-3-2-4-14-16-12(9-17(11)14)10-18-13-5-7-15-8-6-13/h2-9H,10H2,1H3. The molecule has 0 aromatic carbocycles. The quantitative estimate of drug-likeness (QED) is 0.672. The molecule has 4 heteroatoms. The van der Waals surface area contributed by atoms with E-state index >= 15 is 0 Å². The predicted octanol–water partition coefficient (Wildman–Crippen LogP) is 3.33. The van der Waals surface area contributed by atoms with Crippen LogP contribution in [0, 0.1) is 6.92 Å². The third-order valence-corrected chi connectivity index (χ3v) is 3.83.